The average Bonchev–Trinajstić information content (AvgIpc) is 2.46. The largest absolute Gasteiger partial charge is 0.462 e. The number of rotatable bonds is 8. The molecular formula is C15H20O6. The highest BCUT2D eigenvalue weighted by atomic mass is 16.7. The monoisotopic (exact) mass is 296 g/mol. The van der Waals surface area contributed by atoms with Gasteiger partial charge in [0.05, 0.1) is 17.7 Å². The molecule has 0 saturated carbocycles. The number of unbranched alkanes of at least 4 members (excludes halogenated alkanes) is 3. The molecule has 0 amide bonds. The fourth-order valence-corrected chi connectivity index (χ4v) is 1.68. The lowest BCUT2D eigenvalue weighted by atomic mass is 10.1. The van der Waals surface area contributed by atoms with Crippen LogP contribution in [-0.2, 0) is 9.47 Å². The molecule has 0 radical (unpaired) electrons. The van der Waals surface area contributed by atoms with Gasteiger partial charge in [-0.05, 0) is 30.7 Å². The quantitative estimate of drug-likeness (QED) is 0.432. The maximum absolute atomic E-state index is 11.7. The number of esters is 2. The van der Waals surface area contributed by atoms with E-state index in [2.05, 4.69) is 11.7 Å². The molecule has 6 heteroatoms. The predicted molar refractivity (Wildman–Crippen MR) is 74.5 cm³/mol. The summed E-state index contributed by atoms with van der Waals surface area (Å²) in [6, 6.07) is 5.57. The van der Waals surface area contributed by atoms with Crippen LogP contribution in [0.15, 0.2) is 24.3 Å². The maximum Gasteiger partial charge on any atom is 0.342 e. The molecule has 1 rings (SSSR count). The van der Waals surface area contributed by atoms with Gasteiger partial charge < -0.3 is 19.7 Å². The second-order valence-corrected chi connectivity index (χ2v) is 4.51. The average molecular weight is 296 g/mol. The van der Waals surface area contributed by atoms with E-state index in [1.807, 2.05) is 0 Å². The topological polar surface area (TPSA) is 93.1 Å². The third-order valence-electron chi connectivity index (χ3n) is 2.80. The van der Waals surface area contributed by atoms with E-state index < -0.39 is 18.4 Å². The van der Waals surface area contributed by atoms with Crippen LogP contribution in [0.4, 0.5) is 0 Å². The van der Waals surface area contributed by atoms with Gasteiger partial charge in [0.25, 0.3) is 0 Å². The van der Waals surface area contributed by atoms with E-state index in [1.165, 1.54) is 24.3 Å². The highest BCUT2D eigenvalue weighted by molar-refractivity contribution is 5.93. The molecule has 0 aromatic heterocycles. The summed E-state index contributed by atoms with van der Waals surface area (Å²) in [5.41, 5.74) is 0.439. The molecule has 116 valence electrons. The van der Waals surface area contributed by atoms with Crippen LogP contribution in [-0.4, -0.2) is 35.2 Å². The Labute approximate surface area is 123 Å². The number of hydrogen-bond acceptors (Lipinski definition) is 6. The molecule has 6 nitrogen and oxygen atoms in total. The van der Waals surface area contributed by atoms with Gasteiger partial charge in [-0.15, -0.1) is 0 Å². The van der Waals surface area contributed by atoms with E-state index in [1.54, 1.807) is 0 Å². The SMILES string of the molecule is CCCCCCOC(=O)c1ccc(C(=O)OC(O)O)cc1. The Morgan fingerprint density at radius 1 is 1.00 bits per heavy atom. The van der Waals surface area contributed by atoms with Gasteiger partial charge in [0.1, 0.15) is 0 Å². The van der Waals surface area contributed by atoms with E-state index in [9.17, 15) is 9.59 Å². The molecule has 0 unspecified atom stereocenters. The second kappa shape index (κ2) is 9.10. The first-order chi connectivity index (χ1) is 10.0. The number of hydrogen-bond donors (Lipinski definition) is 2. The predicted octanol–water partition coefficient (Wildman–Crippen LogP) is 1.85. The lowest BCUT2D eigenvalue weighted by molar-refractivity contribution is -0.200. The molecule has 1 aromatic carbocycles. The summed E-state index contributed by atoms with van der Waals surface area (Å²) in [7, 11) is 0. The first-order valence-electron chi connectivity index (χ1n) is 6.89. The normalized spacial score (nSPS) is 10.5. The lowest BCUT2D eigenvalue weighted by Crippen LogP contribution is -2.16. The molecular weight excluding hydrogens is 276 g/mol. The Hall–Kier alpha value is -1.92. The number of benzene rings is 1. The molecule has 0 heterocycles. The molecule has 1 aromatic rings. The highest BCUT2D eigenvalue weighted by Crippen LogP contribution is 2.09. The van der Waals surface area contributed by atoms with Gasteiger partial charge in [0, 0.05) is 0 Å². The van der Waals surface area contributed by atoms with Crippen molar-refractivity contribution in [2.75, 3.05) is 6.61 Å². The third-order valence-corrected chi connectivity index (χ3v) is 2.80. The van der Waals surface area contributed by atoms with Crippen molar-refractivity contribution < 1.29 is 29.3 Å². The Morgan fingerprint density at radius 3 is 2.10 bits per heavy atom. The molecule has 0 spiro atoms. The second-order valence-electron chi connectivity index (χ2n) is 4.51. The fourth-order valence-electron chi connectivity index (χ4n) is 1.68. The van der Waals surface area contributed by atoms with E-state index in [0.717, 1.165) is 25.7 Å². The zero-order valence-corrected chi connectivity index (χ0v) is 11.9. The van der Waals surface area contributed by atoms with Gasteiger partial charge in [-0.1, -0.05) is 26.2 Å². The van der Waals surface area contributed by atoms with Gasteiger partial charge in [0.2, 0.25) is 0 Å². The summed E-state index contributed by atoms with van der Waals surface area (Å²) in [5, 5.41) is 17.0. The van der Waals surface area contributed by atoms with Crippen molar-refractivity contribution in [3.8, 4) is 0 Å². The summed E-state index contributed by atoms with van der Waals surface area (Å²) < 4.78 is 9.30. The van der Waals surface area contributed by atoms with E-state index in [0.29, 0.717) is 12.2 Å². The molecule has 0 atom stereocenters. The van der Waals surface area contributed by atoms with Crippen molar-refractivity contribution in [3.05, 3.63) is 35.4 Å². The van der Waals surface area contributed by atoms with Crippen LogP contribution in [0, 0.1) is 0 Å². The first kappa shape index (κ1) is 17.1. The van der Waals surface area contributed by atoms with Gasteiger partial charge in [-0.25, -0.2) is 9.59 Å². The Kier molecular flexibility index (Phi) is 7.42. The van der Waals surface area contributed by atoms with Crippen molar-refractivity contribution in [2.24, 2.45) is 0 Å². The number of aliphatic hydroxyl groups is 2. The lowest BCUT2D eigenvalue weighted by Gasteiger charge is -2.07. The van der Waals surface area contributed by atoms with Gasteiger partial charge in [-0.3, -0.25) is 0 Å². The minimum Gasteiger partial charge on any atom is -0.462 e. The molecule has 0 aliphatic heterocycles. The van der Waals surface area contributed by atoms with Gasteiger partial charge >= 0.3 is 18.4 Å². The first-order valence-corrected chi connectivity index (χ1v) is 6.89. The van der Waals surface area contributed by atoms with Crippen molar-refractivity contribution in [1.82, 2.24) is 0 Å². The standard InChI is InChI=1S/C15H20O6/c1-2-3-4-5-10-20-13(16)11-6-8-12(9-7-11)14(17)21-15(18)19/h6-9,15,18-19H,2-5,10H2,1H3. The Bertz CT molecular complexity index is 452. The molecule has 0 aliphatic carbocycles. The van der Waals surface area contributed by atoms with Crippen molar-refractivity contribution in [3.63, 3.8) is 0 Å². The molecule has 0 aliphatic rings. The molecule has 0 bridgehead atoms. The summed E-state index contributed by atoms with van der Waals surface area (Å²) in [6.07, 6.45) is 4.09. The van der Waals surface area contributed by atoms with Crippen molar-refractivity contribution >= 4 is 11.9 Å². The molecule has 2 N–H and O–H groups in total. The Morgan fingerprint density at radius 2 is 1.57 bits per heavy atom. The van der Waals surface area contributed by atoms with Crippen molar-refractivity contribution in [2.45, 2.75) is 39.1 Å². The molecule has 21 heavy (non-hydrogen) atoms. The highest BCUT2D eigenvalue weighted by Gasteiger charge is 2.12. The number of carbonyl (C=O) groups is 2. The van der Waals surface area contributed by atoms with E-state index in [-0.39, 0.29) is 5.56 Å². The minimum atomic E-state index is -2.16. The number of carbonyl (C=O) groups excluding carboxylic acids is 2. The van der Waals surface area contributed by atoms with Crippen LogP contribution in [0.25, 0.3) is 0 Å². The van der Waals surface area contributed by atoms with E-state index in [4.69, 9.17) is 14.9 Å². The van der Waals surface area contributed by atoms with Gasteiger partial charge in [0.15, 0.2) is 0 Å². The van der Waals surface area contributed by atoms with Crippen LogP contribution < -0.4 is 0 Å². The maximum atomic E-state index is 11.7. The van der Waals surface area contributed by atoms with E-state index >= 15 is 0 Å². The number of ether oxygens (including phenoxy) is 2. The molecule has 0 fully saturated rings. The zero-order valence-electron chi connectivity index (χ0n) is 11.9. The van der Waals surface area contributed by atoms with Gasteiger partial charge in [-0.2, -0.15) is 0 Å². The fraction of sp³-hybridized carbons (Fsp3) is 0.467. The summed E-state index contributed by atoms with van der Waals surface area (Å²) in [4.78, 5) is 23.1. The summed E-state index contributed by atoms with van der Waals surface area (Å²) in [5.74, 6) is -1.34. The van der Waals surface area contributed by atoms with Crippen LogP contribution in [0.1, 0.15) is 53.3 Å². The molecule has 0 saturated heterocycles. The van der Waals surface area contributed by atoms with Crippen LogP contribution in [0.3, 0.4) is 0 Å². The summed E-state index contributed by atoms with van der Waals surface area (Å²) in [6.45, 7) is 0.318. The Balaban J connectivity index is 2.46. The smallest absolute Gasteiger partial charge is 0.342 e. The number of aliphatic hydroxyl groups excluding tert-OH is 1. The third kappa shape index (κ3) is 6.37. The van der Waals surface area contributed by atoms with Crippen LogP contribution in [0.2, 0.25) is 0 Å². The van der Waals surface area contributed by atoms with Crippen LogP contribution in [0.5, 0.6) is 0 Å². The zero-order chi connectivity index (χ0) is 15.7. The van der Waals surface area contributed by atoms with Crippen LogP contribution >= 0.6 is 0 Å². The minimum absolute atomic E-state index is 0.114. The summed E-state index contributed by atoms with van der Waals surface area (Å²) >= 11 is 0. The van der Waals surface area contributed by atoms with Crippen molar-refractivity contribution in [1.29, 1.82) is 0 Å².